The Morgan fingerprint density at radius 3 is 2.83 bits per heavy atom. The number of aliphatic hydroxyl groups excluding tert-OH is 1. The van der Waals surface area contributed by atoms with Gasteiger partial charge in [0, 0.05) is 11.5 Å². The Bertz CT molecular complexity index is 583. The van der Waals surface area contributed by atoms with E-state index in [1.54, 1.807) is 6.07 Å². The second-order valence-corrected chi connectivity index (χ2v) is 6.90. The Hall–Kier alpha value is -1.40. The van der Waals surface area contributed by atoms with E-state index in [0.29, 0.717) is 11.5 Å². The molecule has 1 aliphatic heterocycles. The van der Waals surface area contributed by atoms with Gasteiger partial charge in [0.15, 0.2) is 11.5 Å². The number of methoxy groups -OCH3 is 1. The van der Waals surface area contributed by atoms with Crippen LogP contribution in [0.4, 0.5) is 8.78 Å². The SMILES string of the molecule is COc1ccc([C@@]23CCC(O)C[C@@H]2N(C)CC3)cc1OCC(F)F. The summed E-state index contributed by atoms with van der Waals surface area (Å²) in [6, 6.07) is 5.92. The molecule has 3 rings (SSSR count). The highest BCUT2D eigenvalue weighted by molar-refractivity contribution is 5.46. The number of alkyl halides is 2. The molecule has 1 aliphatic carbocycles. The number of halogens is 2. The molecule has 1 aromatic carbocycles. The van der Waals surface area contributed by atoms with Crippen LogP contribution in [0.25, 0.3) is 0 Å². The first kappa shape index (κ1) is 17.4. The van der Waals surface area contributed by atoms with Crippen molar-refractivity contribution in [1.29, 1.82) is 0 Å². The predicted octanol–water partition coefficient (Wildman–Crippen LogP) is 2.83. The second-order valence-electron chi connectivity index (χ2n) is 6.90. The number of nitrogens with zero attached hydrogens (tertiary/aromatic N) is 1. The standard InChI is InChI=1S/C18H25F2NO3/c1-21-8-7-18(6-5-13(22)10-16(18)21)12-3-4-14(23-2)15(9-12)24-11-17(19)20/h3-4,9,13,16-17,22H,5-8,10-11H2,1-2H3/t13?,16-,18-/m0/s1. The summed E-state index contributed by atoms with van der Waals surface area (Å²) in [6.45, 7) is 0.325. The molecule has 1 unspecified atom stereocenters. The van der Waals surface area contributed by atoms with Gasteiger partial charge in [0.2, 0.25) is 0 Å². The molecule has 0 radical (unpaired) electrons. The van der Waals surface area contributed by atoms with E-state index in [1.165, 1.54) is 7.11 Å². The van der Waals surface area contributed by atoms with Crippen molar-refractivity contribution >= 4 is 0 Å². The molecule has 134 valence electrons. The van der Waals surface area contributed by atoms with E-state index in [-0.39, 0.29) is 17.6 Å². The van der Waals surface area contributed by atoms with Gasteiger partial charge in [-0.05, 0) is 57.0 Å². The maximum atomic E-state index is 12.5. The van der Waals surface area contributed by atoms with Crippen LogP contribution in [0.2, 0.25) is 0 Å². The number of aliphatic hydroxyl groups is 1. The zero-order valence-electron chi connectivity index (χ0n) is 14.2. The summed E-state index contributed by atoms with van der Waals surface area (Å²) in [7, 11) is 3.59. The van der Waals surface area contributed by atoms with Crippen molar-refractivity contribution in [1.82, 2.24) is 4.90 Å². The van der Waals surface area contributed by atoms with Crippen LogP contribution in [-0.2, 0) is 5.41 Å². The zero-order valence-corrected chi connectivity index (χ0v) is 14.2. The van der Waals surface area contributed by atoms with Gasteiger partial charge in [-0.1, -0.05) is 6.07 Å². The minimum absolute atomic E-state index is 0.0524. The van der Waals surface area contributed by atoms with Crippen molar-refractivity contribution in [3.05, 3.63) is 23.8 Å². The molecule has 1 heterocycles. The number of rotatable bonds is 5. The number of hydrogen-bond donors (Lipinski definition) is 1. The molecule has 2 aliphatic rings. The quantitative estimate of drug-likeness (QED) is 0.894. The third-order valence-corrected chi connectivity index (χ3v) is 5.60. The van der Waals surface area contributed by atoms with Crippen molar-refractivity contribution in [2.45, 2.75) is 49.7 Å². The van der Waals surface area contributed by atoms with Crippen LogP contribution in [0.15, 0.2) is 18.2 Å². The van der Waals surface area contributed by atoms with Crippen molar-refractivity contribution in [3.63, 3.8) is 0 Å². The smallest absolute Gasteiger partial charge is 0.272 e. The Morgan fingerprint density at radius 1 is 1.33 bits per heavy atom. The molecular weight excluding hydrogens is 316 g/mol. The molecule has 0 aromatic heterocycles. The minimum Gasteiger partial charge on any atom is -0.493 e. The van der Waals surface area contributed by atoms with E-state index < -0.39 is 13.0 Å². The fourth-order valence-electron chi connectivity index (χ4n) is 4.35. The molecule has 1 saturated heterocycles. The molecule has 6 heteroatoms. The normalized spacial score (nSPS) is 30.4. The van der Waals surface area contributed by atoms with Crippen LogP contribution in [0, 0.1) is 0 Å². The number of fused-ring (bicyclic) bond motifs is 1. The summed E-state index contributed by atoms with van der Waals surface area (Å²) in [5.41, 5.74) is 1.04. The number of likely N-dealkylation sites (tertiary alicyclic amines) is 1. The summed E-state index contributed by atoms with van der Waals surface area (Å²) in [5, 5.41) is 10.1. The van der Waals surface area contributed by atoms with Gasteiger partial charge in [0.25, 0.3) is 6.43 Å². The highest BCUT2D eigenvalue weighted by Gasteiger charge is 2.50. The monoisotopic (exact) mass is 341 g/mol. The minimum atomic E-state index is -2.52. The molecule has 1 saturated carbocycles. The van der Waals surface area contributed by atoms with Crippen molar-refractivity contribution < 1.29 is 23.4 Å². The van der Waals surface area contributed by atoms with Gasteiger partial charge in [-0.3, -0.25) is 0 Å². The van der Waals surface area contributed by atoms with Gasteiger partial charge in [-0.2, -0.15) is 0 Å². The summed E-state index contributed by atoms with van der Waals surface area (Å²) < 4.78 is 35.6. The molecule has 0 bridgehead atoms. The largest absolute Gasteiger partial charge is 0.493 e. The fraction of sp³-hybridized carbons (Fsp3) is 0.667. The summed E-state index contributed by atoms with van der Waals surface area (Å²) in [4.78, 5) is 2.30. The maximum absolute atomic E-state index is 12.5. The molecule has 24 heavy (non-hydrogen) atoms. The second kappa shape index (κ2) is 6.84. The van der Waals surface area contributed by atoms with E-state index in [1.807, 2.05) is 12.1 Å². The van der Waals surface area contributed by atoms with E-state index in [0.717, 1.165) is 37.8 Å². The topological polar surface area (TPSA) is 41.9 Å². The molecule has 0 spiro atoms. The van der Waals surface area contributed by atoms with Crippen LogP contribution in [0.1, 0.15) is 31.2 Å². The number of ether oxygens (including phenoxy) is 2. The number of likely N-dealkylation sites (N-methyl/N-ethyl adjacent to an activating group) is 1. The lowest BCUT2D eigenvalue weighted by molar-refractivity contribution is 0.0563. The van der Waals surface area contributed by atoms with E-state index >= 15 is 0 Å². The lowest BCUT2D eigenvalue weighted by atomic mass is 9.65. The number of hydrogen-bond acceptors (Lipinski definition) is 4. The molecule has 1 N–H and O–H groups in total. The highest BCUT2D eigenvalue weighted by atomic mass is 19.3. The Balaban J connectivity index is 1.94. The number of benzene rings is 1. The van der Waals surface area contributed by atoms with Crippen LogP contribution < -0.4 is 9.47 Å². The van der Waals surface area contributed by atoms with Crippen molar-refractivity contribution in [3.8, 4) is 11.5 Å². The van der Waals surface area contributed by atoms with Gasteiger partial charge in [0.05, 0.1) is 13.2 Å². The molecule has 3 atom stereocenters. The average Bonchev–Trinajstić information content (AvgIpc) is 2.90. The average molecular weight is 341 g/mol. The third-order valence-electron chi connectivity index (χ3n) is 5.60. The summed E-state index contributed by atoms with van der Waals surface area (Å²) >= 11 is 0. The Morgan fingerprint density at radius 2 is 2.12 bits per heavy atom. The Kier molecular flexibility index (Phi) is 4.97. The van der Waals surface area contributed by atoms with Gasteiger partial charge in [-0.15, -0.1) is 0 Å². The molecule has 2 fully saturated rings. The van der Waals surface area contributed by atoms with E-state index in [4.69, 9.17) is 9.47 Å². The van der Waals surface area contributed by atoms with Crippen LogP contribution in [0.3, 0.4) is 0 Å². The van der Waals surface area contributed by atoms with Gasteiger partial charge < -0.3 is 19.5 Å². The zero-order chi connectivity index (χ0) is 17.3. The van der Waals surface area contributed by atoms with E-state index in [2.05, 4.69) is 11.9 Å². The third kappa shape index (κ3) is 3.09. The van der Waals surface area contributed by atoms with E-state index in [9.17, 15) is 13.9 Å². The highest BCUT2D eigenvalue weighted by Crippen LogP contribution is 2.49. The molecule has 0 amide bonds. The van der Waals surface area contributed by atoms with Crippen molar-refractivity contribution in [2.75, 3.05) is 27.3 Å². The van der Waals surface area contributed by atoms with Crippen molar-refractivity contribution in [2.24, 2.45) is 0 Å². The first-order chi connectivity index (χ1) is 11.5. The predicted molar refractivity (Wildman–Crippen MR) is 87.1 cm³/mol. The molecular formula is C18H25F2NO3. The van der Waals surface area contributed by atoms with Crippen LogP contribution in [-0.4, -0.2) is 55.9 Å². The maximum Gasteiger partial charge on any atom is 0.272 e. The first-order valence-electron chi connectivity index (χ1n) is 8.44. The lowest BCUT2D eigenvalue weighted by Crippen LogP contribution is -2.47. The van der Waals surface area contributed by atoms with Gasteiger partial charge in [0.1, 0.15) is 6.61 Å². The fourth-order valence-corrected chi connectivity index (χ4v) is 4.35. The van der Waals surface area contributed by atoms with Gasteiger partial charge in [-0.25, -0.2) is 8.78 Å². The van der Waals surface area contributed by atoms with Crippen LogP contribution in [0.5, 0.6) is 11.5 Å². The molecule has 4 nitrogen and oxygen atoms in total. The van der Waals surface area contributed by atoms with Gasteiger partial charge >= 0.3 is 0 Å². The summed E-state index contributed by atoms with van der Waals surface area (Å²) in [5.74, 6) is 0.832. The first-order valence-corrected chi connectivity index (χ1v) is 8.44. The van der Waals surface area contributed by atoms with Crippen LogP contribution >= 0.6 is 0 Å². The summed E-state index contributed by atoms with van der Waals surface area (Å²) in [6.07, 6.45) is 0.619. The molecule has 1 aromatic rings. The Labute approximate surface area is 141 Å². The lowest BCUT2D eigenvalue weighted by Gasteiger charge is -2.43.